The topological polar surface area (TPSA) is 26.0 Å². The Morgan fingerprint density at radius 2 is 1.65 bits per heavy atom. The smallest absolute Gasteiger partial charge is 0.0595 e. The molecule has 0 aliphatic heterocycles. The van der Waals surface area contributed by atoms with Gasteiger partial charge in [0.2, 0.25) is 0 Å². The molecular formula is C14H13Cl2N. The fourth-order valence-electron chi connectivity index (χ4n) is 1.73. The lowest BCUT2D eigenvalue weighted by molar-refractivity contribution is 0.722. The zero-order valence-electron chi connectivity index (χ0n) is 9.24. The van der Waals surface area contributed by atoms with Crippen molar-refractivity contribution in [3.05, 3.63) is 69.7 Å². The zero-order valence-corrected chi connectivity index (χ0v) is 10.7. The second-order valence-corrected chi connectivity index (χ2v) is 4.78. The fourth-order valence-corrected chi connectivity index (χ4v) is 2.04. The minimum absolute atomic E-state index is 0.0628. The maximum Gasteiger partial charge on any atom is 0.0595 e. The van der Waals surface area contributed by atoms with Crippen LogP contribution in [0.15, 0.2) is 48.5 Å². The molecule has 2 N–H and O–H groups in total. The van der Waals surface area contributed by atoms with Crippen molar-refractivity contribution in [1.29, 1.82) is 0 Å². The molecule has 0 radical (unpaired) electrons. The second kappa shape index (κ2) is 5.54. The van der Waals surface area contributed by atoms with Crippen LogP contribution in [0.1, 0.15) is 17.2 Å². The van der Waals surface area contributed by atoms with E-state index in [1.54, 1.807) is 6.07 Å². The van der Waals surface area contributed by atoms with Crippen molar-refractivity contribution in [3.63, 3.8) is 0 Å². The first kappa shape index (κ1) is 12.4. The molecule has 88 valence electrons. The van der Waals surface area contributed by atoms with Crippen molar-refractivity contribution >= 4 is 23.2 Å². The van der Waals surface area contributed by atoms with E-state index in [1.165, 1.54) is 5.56 Å². The number of nitrogens with two attached hydrogens (primary N) is 1. The summed E-state index contributed by atoms with van der Waals surface area (Å²) >= 11 is 11.8. The van der Waals surface area contributed by atoms with E-state index in [9.17, 15) is 0 Å². The predicted molar refractivity (Wildman–Crippen MR) is 73.5 cm³/mol. The first-order valence-corrected chi connectivity index (χ1v) is 6.17. The molecule has 17 heavy (non-hydrogen) atoms. The van der Waals surface area contributed by atoms with Gasteiger partial charge in [-0.05, 0) is 29.7 Å². The summed E-state index contributed by atoms with van der Waals surface area (Å²) in [5.74, 6) is 0. The van der Waals surface area contributed by atoms with E-state index in [4.69, 9.17) is 28.9 Å². The molecule has 0 saturated carbocycles. The minimum Gasteiger partial charge on any atom is -0.324 e. The Balaban J connectivity index is 2.14. The van der Waals surface area contributed by atoms with Crippen LogP contribution in [0.25, 0.3) is 0 Å². The van der Waals surface area contributed by atoms with E-state index in [-0.39, 0.29) is 6.04 Å². The summed E-state index contributed by atoms with van der Waals surface area (Å²) < 4.78 is 0. The molecule has 0 fully saturated rings. The third-order valence-corrected chi connectivity index (χ3v) is 3.41. The normalized spacial score (nSPS) is 12.4. The van der Waals surface area contributed by atoms with Crippen LogP contribution in [0, 0.1) is 0 Å². The van der Waals surface area contributed by atoms with Crippen molar-refractivity contribution in [1.82, 2.24) is 0 Å². The number of benzene rings is 2. The molecule has 1 nitrogen and oxygen atoms in total. The Hall–Kier alpha value is -1.02. The van der Waals surface area contributed by atoms with Crippen LogP contribution in [0.4, 0.5) is 0 Å². The number of hydrogen-bond donors (Lipinski definition) is 1. The van der Waals surface area contributed by atoms with Gasteiger partial charge in [0, 0.05) is 6.04 Å². The average Bonchev–Trinajstić information content (AvgIpc) is 2.34. The van der Waals surface area contributed by atoms with Crippen molar-refractivity contribution < 1.29 is 0 Å². The first-order valence-electron chi connectivity index (χ1n) is 5.41. The van der Waals surface area contributed by atoms with E-state index >= 15 is 0 Å². The Morgan fingerprint density at radius 1 is 0.941 bits per heavy atom. The lowest BCUT2D eigenvalue weighted by Crippen LogP contribution is -2.13. The molecule has 0 saturated heterocycles. The monoisotopic (exact) mass is 265 g/mol. The van der Waals surface area contributed by atoms with E-state index in [2.05, 4.69) is 12.1 Å². The minimum atomic E-state index is -0.0628. The molecule has 0 aliphatic rings. The van der Waals surface area contributed by atoms with Crippen LogP contribution in [0.5, 0.6) is 0 Å². The first-order chi connectivity index (χ1) is 8.16. The van der Waals surface area contributed by atoms with Gasteiger partial charge in [-0.1, -0.05) is 59.6 Å². The molecule has 3 heteroatoms. The predicted octanol–water partition coefficient (Wildman–Crippen LogP) is 4.24. The highest BCUT2D eigenvalue weighted by molar-refractivity contribution is 6.42. The van der Waals surface area contributed by atoms with E-state index < -0.39 is 0 Å². The van der Waals surface area contributed by atoms with Crippen molar-refractivity contribution in [2.45, 2.75) is 12.5 Å². The maximum absolute atomic E-state index is 6.14. The molecule has 0 spiro atoms. The van der Waals surface area contributed by atoms with Crippen molar-refractivity contribution in [3.8, 4) is 0 Å². The second-order valence-electron chi connectivity index (χ2n) is 3.97. The maximum atomic E-state index is 6.14. The molecule has 0 aliphatic carbocycles. The fraction of sp³-hybridized carbons (Fsp3) is 0.143. The molecule has 2 aromatic carbocycles. The van der Waals surface area contributed by atoms with E-state index in [0.29, 0.717) is 10.0 Å². The standard InChI is InChI=1S/C14H13Cl2N/c15-12-7-6-11(9-13(12)16)14(17)8-10-4-2-1-3-5-10/h1-7,9,14H,8,17H2/t14-/m0/s1. The van der Waals surface area contributed by atoms with Gasteiger partial charge < -0.3 is 5.73 Å². The molecule has 1 atom stereocenters. The van der Waals surface area contributed by atoms with Crippen LogP contribution in [0.3, 0.4) is 0 Å². The summed E-state index contributed by atoms with van der Waals surface area (Å²) in [5, 5.41) is 1.11. The number of hydrogen-bond acceptors (Lipinski definition) is 1. The van der Waals surface area contributed by atoms with Crippen LogP contribution >= 0.6 is 23.2 Å². The number of rotatable bonds is 3. The summed E-state index contributed by atoms with van der Waals surface area (Å²) in [4.78, 5) is 0. The SMILES string of the molecule is N[C@@H](Cc1ccccc1)c1ccc(Cl)c(Cl)c1. The Bertz CT molecular complexity index is 497. The molecule has 0 heterocycles. The quantitative estimate of drug-likeness (QED) is 0.883. The third kappa shape index (κ3) is 3.22. The van der Waals surface area contributed by atoms with Gasteiger partial charge in [-0.2, -0.15) is 0 Å². The molecule has 0 unspecified atom stereocenters. The van der Waals surface area contributed by atoms with E-state index in [0.717, 1.165) is 12.0 Å². The van der Waals surface area contributed by atoms with Gasteiger partial charge in [0.25, 0.3) is 0 Å². The van der Waals surface area contributed by atoms with Crippen molar-refractivity contribution in [2.75, 3.05) is 0 Å². The molecule has 2 aromatic rings. The van der Waals surface area contributed by atoms with Gasteiger partial charge >= 0.3 is 0 Å². The zero-order chi connectivity index (χ0) is 12.3. The molecule has 0 amide bonds. The Morgan fingerprint density at radius 3 is 2.29 bits per heavy atom. The van der Waals surface area contributed by atoms with Crippen LogP contribution in [-0.4, -0.2) is 0 Å². The molecular weight excluding hydrogens is 253 g/mol. The number of halogens is 2. The highest BCUT2D eigenvalue weighted by atomic mass is 35.5. The van der Waals surface area contributed by atoms with Gasteiger partial charge in [0.15, 0.2) is 0 Å². The van der Waals surface area contributed by atoms with Gasteiger partial charge in [-0.15, -0.1) is 0 Å². The summed E-state index contributed by atoms with van der Waals surface area (Å²) in [6.45, 7) is 0. The van der Waals surface area contributed by atoms with E-state index in [1.807, 2.05) is 30.3 Å². The summed E-state index contributed by atoms with van der Waals surface area (Å²) in [7, 11) is 0. The highest BCUT2D eigenvalue weighted by Gasteiger charge is 2.08. The lowest BCUT2D eigenvalue weighted by Gasteiger charge is -2.12. The van der Waals surface area contributed by atoms with Crippen LogP contribution < -0.4 is 5.73 Å². The average molecular weight is 266 g/mol. The summed E-state index contributed by atoms with van der Waals surface area (Å²) in [6, 6.07) is 15.6. The van der Waals surface area contributed by atoms with Crippen LogP contribution in [0.2, 0.25) is 10.0 Å². The lowest BCUT2D eigenvalue weighted by atomic mass is 10.00. The van der Waals surface area contributed by atoms with Gasteiger partial charge in [0.1, 0.15) is 0 Å². The molecule has 0 aromatic heterocycles. The third-order valence-electron chi connectivity index (χ3n) is 2.67. The van der Waals surface area contributed by atoms with Gasteiger partial charge in [0.05, 0.1) is 10.0 Å². The summed E-state index contributed by atoms with van der Waals surface area (Å²) in [6.07, 6.45) is 0.790. The largest absolute Gasteiger partial charge is 0.324 e. The van der Waals surface area contributed by atoms with Gasteiger partial charge in [-0.3, -0.25) is 0 Å². The summed E-state index contributed by atoms with van der Waals surface area (Å²) in [5.41, 5.74) is 8.36. The van der Waals surface area contributed by atoms with Crippen LogP contribution in [-0.2, 0) is 6.42 Å². The van der Waals surface area contributed by atoms with Gasteiger partial charge in [-0.25, -0.2) is 0 Å². The molecule has 2 rings (SSSR count). The Labute approximate surface area is 111 Å². The van der Waals surface area contributed by atoms with Crippen molar-refractivity contribution in [2.24, 2.45) is 5.73 Å². The Kier molecular flexibility index (Phi) is 4.06. The molecule has 0 bridgehead atoms. The highest BCUT2D eigenvalue weighted by Crippen LogP contribution is 2.26.